The Balaban J connectivity index is 2.07. The van der Waals surface area contributed by atoms with E-state index in [1.165, 1.54) is 5.56 Å². The highest BCUT2D eigenvalue weighted by atomic mass is 16.3. The lowest BCUT2D eigenvalue weighted by molar-refractivity contribution is 0.467. The third-order valence-corrected chi connectivity index (χ3v) is 2.62. The number of anilines is 1. The van der Waals surface area contributed by atoms with Crippen LogP contribution in [0.3, 0.4) is 0 Å². The molecule has 0 radical (unpaired) electrons. The van der Waals surface area contributed by atoms with Gasteiger partial charge in [0.25, 0.3) is 0 Å². The number of hydrogen-bond acceptors (Lipinski definition) is 2. The molecule has 1 aromatic heterocycles. The first-order chi connectivity index (χ1) is 7.65. The van der Waals surface area contributed by atoms with Crippen molar-refractivity contribution in [1.82, 2.24) is 0 Å². The quantitative estimate of drug-likeness (QED) is 0.834. The van der Waals surface area contributed by atoms with Crippen molar-refractivity contribution in [2.45, 2.75) is 26.8 Å². The Bertz CT molecular complexity index is 456. The van der Waals surface area contributed by atoms with Gasteiger partial charge in [-0.15, -0.1) is 0 Å². The number of benzene rings is 1. The van der Waals surface area contributed by atoms with Crippen molar-refractivity contribution >= 4 is 5.69 Å². The molecular weight excluding hydrogens is 198 g/mol. The second kappa shape index (κ2) is 4.44. The smallest absolute Gasteiger partial charge is 0.126 e. The predicted molar refractivity (Wildman–Crippen MR) is 66.7 cm³/mol. The van der Waals surface area contributed by atoms with E-state index in [0.29, 0.717) is 0 Å². The number of furan rings is 1. The highest BCUT2D eigenvalue weighted by molar-refractivity contribution is 5.45. The Morgan fingerprint density at radius 1 is 1.00 bits per heavy atom. The van der Waals surface area contributed by atoms with E-state index in [1.807, 2.05) is 19.1 Å². The lowest BCUT2D eigenvalue weighted by atomic mass is 10.2. The number of nitrogens with one attached hydrogen (secondary N) is 1. The molecule has 2 aromatic rings. The van der Waals surface area contributed by atoms with Crippen molar-refractivity contribution in [2.24, 2.45) is 0 Å². The molecule has 0 amide bonds. The molecule has 1 atom stereocenters. The Morgan fingerprint density at radius 2 is 1.69 bits per heavy atom. The van der Waals surface area contributed by atoms with Crippen LogP contribution in [-0.2, 0) is 0 Å². The Morgan fingerprint density at radius 3 is 2.25 bits per heavy atom. The zero-order valence-electron chi connectivity index (χ0n) is 9.95. The lowest BCUT2D eigenvalue weighted by Gasteiger charge is -2.12. The first-order valence-electron chi connectivity index (χ1n) is 5.54. The van der Waals surface area contributed by atoms with Gasteiger partial charge >= 0.3 is 0 Å². The summed E-state index contributed by atoms with van der Waals surface area (Å²) in [4.78, 5) is 0. The number of rotatable bonds is 3. The molecule has 1 unspecified atom stereocenters. The van der Waals surface area contributed by atoms with Crippen LogP contribution in [0.5, 0.6) is 0 Å². The molecule has 1 N–H and O–H groups in total. The molecule has 0 spiro atoms. The van der Waals surface area contributed by atoms with Crippen LogP contribution in [0.1, 0.15) is 30.0 Å². The van der Waals surface area contributed by atoms with Gasteiger partial charge in [-0.2, -0.15) is 0 Å². The molecule has 0 fully saturated rings. The molecule has 2 heteroatoms. The minimum absolute atomic E-state index is 0.191. The van der Waals surface area contributed by atoms with Gasteiger partial charge in [0.1, 0.15) is 11.5 Å². The standard InChI is InChI=1S/C14H17NO/c1-10-4-7-13(8-5-10)15-12(3)14-9-6-11(2)16-14/h4-9,12,15H,1-3H3. The zero-order chi connectivity index (χ0) is 11.5. The van der Waals surface area contributed by atoms with E-state index in [2.05, 4.69) is 43.4 Å². The molecule has 1 heterocycles. The second-order valence-corrected chi connectivity index (χ2v) is 4.18. The molecule has 0 aliphatic heterocycles. The Labute approximate surface area is 96.3 Å². The fraction of sp³-hybridized carbons (Fsp3) is 0.286. The summed E-state index contributed by atoms with van der Waals surface area (Å²) in [5.41, 5.74) is 2.39. The van der Waals surface area contributed by atoms with E-state index in [1.54, 1.807) is 0 Å². The maximum absolute atomic E-state index is 5.58. The normalized spacial score (nSPS) is 12.4. The molecule has 84 valence electrons. The fourth-order valence-electron chi connectivity index (χ4n) is 1.66. The molecule has 2 nitrogen and oxygen atoms in total. The van der Waals surface area contributed by atoms with Crippen molar-refractivity contribution in [3.05, 3.63) is 53.5 Å². The van der Waals surface area contributed by atoms with Crippen molar-refractivity contribution in [2.75, 3.05) is 5.32 Å². The van der Waals surface area contributed by atoms with Crippen molar-refractivity contribution in [3.8, 4) is 0 Å². The molecule has 0 saturated heterocycles. The van der Waals surface area contributed by atoms with Crippen LogP contribution in [0.2, 0.25) is 0 Å². The highest BCUT2D eigenvalue weighted by Crippen LogP contribution is 2.21. The average molecular weight is 215 g/mol. The van der Waals surface area contributed by atoms with Gasteiger partial charge in [0.2, 0.25) is 0 Å². The van der Waals surface area contributed by atoms with Gasteiger partial charge in [-0.1, -0.05) is 17.7 Å². The van der Waals surface area contributed by atoms with Crippen molar-refractivity contribution in [1.29, 1.82) is 0 Å². The highest BCUT2D eigenvalue weighted by Gasteiger charge is 2.08. The molecule has 1 aromatic carbocycles. The largest absolute Gasteiger partial charge is 0.464 e. The van der Waals surface area contributed by atoms with E-state index in [0.717, 1.165) is 17.2 Å². The van der Waals surface area contributed by atoms with Crippen LogP contribution in [0.15, 0.2) is 40.8 Å². The van der Waals surface area contributed by atoms with E-state index in [-0.39, 0.29) is 6.04 Å². The van der Waals surface area contributed by atoms with Gasteiger partial charge in [-0.05, 0) is 45.0 Å². The number of aryl methyl sites for hydroxylation is 2. The summed E-state index contributed by atoms with van der Waals surface area (Å²) in [7, 11) is 0. The van der Waals surface area contributed by atoms with Gasteiger partial charge in [-0.25, -0.2) is 0 Å². The second-order valence-electron chi connectivity index (χ2n) is 4.18. The first kappa shape index (κ1) is 10.8. The third-order valence-electron chi connectivity index (χ3n) is 2.62. The topological polar surface area (TPSA) is 25.2 Å². The molecule has 16 heavy (non-hydrogen) atoms. The Kier molecular flexibility index (Phi) is 3.00. The lowest BCUT2D eigenvalue weighted by Crippen LogP contribution is -2.05. The summed E-state index contributed by atoms with van der Waals surface area (Å²) in [5, 5.41) is 3.40. The molecule has 0 aliphatic rings. The van der Waals surface area contributed by atoms with Gasteiger partial charge in [-0.3, -0.25) is 0 Å². The summed E-state index contributed by atoms with van der Waals surface area (Å²) < 4.78 is 5.58. The van der Waals surface area contributed by atoms with Crippen LogP contribution in [0.25, 0.3) is 0 Å². The molecule has 2 rings (SSSR count). The summed E-state index contributed by atoms with van der Waals surface area (Å²) in [5.74, 6) is 1.92. The van der Waals surface area contributed by atoms with Gasteiger partial charge in [0.15, 0.2) is 0 Å². The minimum Gasteiger partial charge on any atom is -0.464 e. The van der Waals surface area contributed by atoms with Crippen LogP contribution in [0, 0.1) is 13.8 Å². The van der Waals surface area contributed by atoms with Gasteiger partial charge in [0.05, 0.1) is 6.04 Å². The molecule has 0 bridgehead atoms. The minimum atomic E-state index is 0.191. The summed E-state index contributed by atoms with van der Waals surface area (Å²) in [6.07, 6.45) is 0. The van der Waals surface area contributed by atoms with Crippen molar-refractivity contribution in [3.63, 3.8) is 0 Å². The summed E-state index contributed by atoms with van der Waals surface area (Å²) in [6.45, 7) is 6.14. The van der Waals surface area contributed by atoms with E-state index < -0.39 is 0 Å². The summed E-state index contributed by atoms with van der Waals surface area (Å²) in [6, 6.07) is 12.6. The van der Waals surface area contributed by atoms with Crippen molar-refractivity contribution < 1.29 is 4.42 Å². The molecular formula is C14H17NO. The van der Waals surface area contributed by atoms with Gasteiger partial charge < -0.3 is 9.73 Å². The van der Waals surface area contributed by atoms with Crippen LogP contribution < -0.4 is 5.32 Å². The zero-order valence-corrected chi connectivity index (χ0v) is 9.95. The maximum atomic E-state index is 5.58. The Hall–Kier alpha value is -1.70. The van der Waals surface area contributed by atoms with E-state index in [4.69, 9.17) is 4.42 Å². The van der Waals surface area contributed by atoms with Crippen LogP contribution in [-0.4, -0.2) is 0 Å². The SMILES string of the molecule is Cc1ccc(NC(C)c2ccc(C)o2)cc1. The monoisotopic (exact) mass is 215 g/mol. The first-order valence-corrected chi connectivity index (χ1v) is 5.54. The average Bonchev–Trinajstić information content (AvgIpc) is 2.68. The molecule has 0 saturated carbocycles. The summed E-state index contributed by atoms with van der Waals surface area (Å²) >= 11 is 0. The number of hydrogen-bond donors (Lipinski definition) is 1. The third kappa shape index (κ3) is 2.45. The van der Waals surface area contributed by atoms with E-state index >= 15 is 0 Å². The van der Waals surface area contributed by atoms with Gasteiger partial charge in [0, 0.05) is 5.69 Å². The van der Waals surface area contributed by atoms with Crippen LogP contribution in [0.4, 0.5) is 5.69 Å². The van der Waals surface area contributed by atoms with Crippen LogP contribution >= 0.6 is 0 Å². The van der Waals surface area contributed by atoms with E-state index in [9.17, 15) is 0 Å². The molecule has 0 aliphatic carbocycles. The maximum Gasteiger partial charge on any atom is 0.126 e. The predicted octanol–water partition coefficient (Wildman–Crippen LogP) is 4.07. The fourth-order valence-corrected chi connectivity index (χ4v) is 1.66.